The molecule has 0 unspecified atom stereocenters. The summed E-state index contributed by atoms with van der Waals surface area (Å²) in [6, 6.07) is 3.86. The number of nitrogens with zero attached hydrogens (tertiary/aromatic N) is 2. The maximum absolute atomic E-state index is 5.26. The van der Waals surface area contributed by atoms with Gasteiger partial charge in [0.15, 0.2) is 0 Å². The standard InChI is InChI=1S/C10H11N3O/c1-2-9(14-3-1)7-13-6-8-4-11-5-10(8)12-13/h1-3,6,11H,4-5,7H2. The minimum Gasteiger partial charge on any atom is -0.467 e. The molecule has 0 saturated carbocycles. The zero-order valence-corrected chi connectivity index (χ0v) is 7.73. The van der Waals surface area contributed by atoms with Gasteiger partial charge in [-0.25, -0.2) is 0 Å². The van der Waals surface area contributed by atoms with E-state index in [4.69, 9.17) is 4.42 Å². The van der Waals surface area contributed by atoms with Gasteiger partial charge in [-0.1, -0.05) is 0 Å². The van der Waals surface area contributed by atoms with Gasteiger partial charge in [0.2, 0.25) is 0 Å². The van der Waals surface area contributed by atoms with Crippen LogP contribution in [0.2, 0.25) is 0 Å². The molecule has 0 atom stereocenters. The Morgan fingerprint density at radius 3 is 3.29 bits per heavy atom. The summed E-state index contributed by atoms with van der Waals surface area (Å²) < 4.78 is 7.20. The quantitative estimate of drug-likeness (QED) is 0.770. The fraction of sp³-hybridized carbons (Fsp3) is 0.300. The van der Waals surface area contributed by atoms with Crippen LogP contribution in [-0.4, -0.2) is 9.78 Å². The van der Waals surface area contributed by atoms with E-state index in [2.05, 4.69) is 16.6 Å². The summed E-state index contributed by atoms with van der Waals surface area (Å²) in [5.74, 6) is 0.944. The summed E-state index contributed by atoms with van der Waals surface area (Å²) in [7, 11) is 0. The molecule has 14 heavy (non-hydrogen) atoms. The van der Waals surface area contributed by atoms with Gasteiger partial charge >= 0.3 is 0 Å². The van der Waals surface area contributed by atoms with Crippen molar-refractivity contribution in [2.75, 3.05) is 0 Å². The average Bonchev–Trinajstić information content (AvgIpc) is 2.78. The van der Waals surface area contributed by atoms with E-state index in [0.717, 1.165) is 31.1 Å². The predicted octanol–water partition coefficient (Wildman–Crippen LogP) is 1.13. The number of aromatic nitrogens is 2. The van der Waals surface area contributed by atoms with Crippen LogP contribution in [0.4, 0.5) is 0 Å². The highest BCUT2D eigenvalue weighted by molar-refractivity contribution is 5.21. The number of rotatable bonds is 2. The SMILES string of the molecule is c1coc(Cn2cc3c(n2)CNC3)c1. The summed E-state index contributed by atoms with van der Waals surface area (Å²) in [6.07, 6.45) is 3.77. The molecule has 1 N–H and O–H groups in total. The molecule has 2 aromatic heterocycles. The normalized spacial score (nSPS) is 14.6. The molecular formula is C10H11N3O. The largest absolute Gasteiger partial charge is 0.467 e. The number of nitrogens with one attached hydrogen (secondary N) is 1. The van der Waals surface area contributed by atoms with Gasteiger partial charge in [0, 0.05) is 24.8 Å². The predicted molar refractivity (Wildman–Crippen MR) is 50.6 cm³/mol. The minimum absolute atomic E-state index is 0.722. The zero-order chi connectivity index (χ0) is 9.38. The van der Waals surface area contributed by atoms with E-state index in [0.29, 0.717) is 0 Å². The van der Waals surface area contributed by atoms with Crippen LogP contribution < -0.4 is 5.32 Å². The highest BCUT2D eigenvalue weighted by atomic mass is 16.3. The van der Waals surface area contributed by atoms with E-state index < -0.39 is 0 Å². The van der Waals surface area contributed by atoms with Crippen LogP contribution in [0.3, 0.4) is 0 Å². The van der Waals surface area contributed by atoms with Crippen molar-refractivity contribution in [2.45, 2.75) is 19.6 Å². The molecule has 0 saturated heterocycles. The van der Waals surface area contributed by atoms with E-state index in [-0.39, 0.29) is 0 Å². The Bertz CT molecular complexity index is 409. The summed E-state index contributed by atoms with van der Waals surface area (Å²) in [4.78, 5) is 0. The smallest absolute Gasteiger partial charge is 0.125 e. The van der Waals surface area contributed by atoms with Crippen molar-refractivity contribution in [3.8, 4) is 0 Å². The van der Waals surface area contributed by atoms with Gasteiger partial charge in [-0.15, -0.1) is 0 Å². The molecule has 0 spiro atoms. The van der Waals surface area contributed by atoms with Crippen molar-refractivity contribution >= 4 is 0 Å². The summed E-state index contributed by atoms with van der Waals surface area (Å²) in [6.45, 7) is 2.55. The van der Waals surface area contributed by atoms with E-state index in [1.165, 1.54) is 5.56 Å². The monoisotopic (exact) mass is 189 g/mol. The van der Waals surface area contributed by atoms with Crippen LogP contribution >= 0.6 is 0 Å². The molecule has 4 nitrogen and oxygen atoms in total. The summed E-state index contributed by atoms with van der Waals surface area (Å²) in [5, 5.41) is 7.71. The number of hydrogen-bond acceptors (Lipinski definition) is 3. The number of fused-ring (bicyclic) bond motifs is 1. The van der Waals surface area contributed by atoms with Crippen molar-refractivity contribution < 1.29 is 4.42 Å². The van der Waals surface area contributed by atoms with E-state index in [1.807, 2.05) is 16.8 Å². The van der Waals surface area contributed by atoms with Gasteiger partial charge in [-0.2, -0.15) is 5.10 Å². The third-order valence-corrected chi connectivity index (χ3v) is 2.43. The van der Waals surface area contributed by atoms with Crippen molar-refractivity contribution in [3.05, 3.63) is 41.6 Å². The third-order valence-electron chi connectivity index (χ3n) is 2.43. The molecule has 0 amide bonds. The molecule has 3 heterocycles. The van der Waals surface area contributed by atoms with Gasteiger partial charge in [0.05, 0.1) is 18.5 Å². The van der Waals surface area contributed by atoms with Crippen LogP contribution in [0, 0.1) is 0 Å². The lowest BCUT2D eigenvalue weighted by molar-refractivity contribution is 0.477. The van der Waals surface area contributed by atoms with Crippen LogP contribution in [0.1, 0.15) is 17.0 Å². The Balaban J connectivity index is 1.84. The molecule has 0 aliphatic carbocycles. The second kappa shape index (κ2) is 2.99. The Kier molecular flexibility index (Phi) is 1.67. The van der Waals surface area contributed by atoms with Crippen LogP contribution in [0.25, 0.3) is 0 Å². The highest BCUT2D eigenvalue weighted by Gasteiger charge is 2.14. The van der Waals surface area contributed by atoms with Crippen molar-refractivity contribution in [1.29, 1.82) is 0 Å². The van der Waals surface area contributed by atoms with Crippen molar-refractivity contribution in [3.63, 3.8) is 0 Å². The second-order valence-electron chi connectivity index (χ2n) is 3.48. The number of hydrogen-bond donors (Lipinski definition) is 1. The van der Waals surface area contributed by atoms with E-state index in [9.17, 15) is 0 Å². The topological polar surface area (TPSA) is 43.0 Å². The molecule has 0 fully saturated rings. The van der Waals surface area contributed by atoms with Gasteiger partial charge in [0.1, 0.15) is 5.76 Å². The molecule has 0 bridgehead atoms. The van der Waals surface area contributed by atoms with Gasteiger partial charge in [0.25, 0.3) is 0 Å². The fourth-order valence-corrected chi connectivity index (χ4v) is 1.76. The zero-order valence-electron chi connectivity index (χ0n) is 7.73. The average molecular weight is 189 g/mol. The lowest BCUT2D eigenvalue weighted by atomic mass is 10.3. The van der Waals surface area contributed by atoms with Gasteiger partial charge < -0.3 is 9.73 Å². The molecule has 0 aromatic carbocycles. The van der Waals surface area contributed by atoms with Gasteiger partial charge in [-0.05, 0) is 12.1 Å². The molecule has 4 heteroatoms. The number of furan rings is 1. The first-order chi connectivity index (χ1) is 6.92. The maximum Gasteiger partial charge on any atom is 0.125 e. The fourth-order valence-electron chi connectivity index (χ4n) is 1.76. The molecule has 72 valence electrons. The molecule has 1 aliphatic heterocycles. The molecule has 2 aromatic rings. The molecule has 0 radical (unpaired) electrons. The molecule has 1 aliphatic rings. The Hall–Kier alpha value is -1.55. The summed E-state index contributed by atoms with van der Waals surface area (Å²) in [5.41, 5.74) is 2.47. The van der Waals surface area contributed by atoms with Crippen LogP contribution in [-0.2, 0) is 19.6 Å². The first kappa shape index (κ1) is 7.82. The first-order valence-electron chi connectivity index (χ1n) is 4.70. The van der Waals surface area contributed by atoms with Crippen LogP contribution in [0.15, 0.2) is 29.0 Å². The highest BCUT2D eigenvalue weighted by Crippen LogP contribution is 2.13. The summed E-state index contributed by atoms with van der Waals surface area (Å²) >= 11 is 0. The van der Waals surface area contributed by atoms with Gasteiger partial charge in [-0.3, -0.25) is 4.68 Å². The Morgan fingerprint density at radius 1 is 1.50 bits per heavy atom. The van der Waals surface area contributed by atoms with E-state index in [1.54, 1.807) is 6.26 Å². The lowest BCUT2D eigenvalue weighted by Gasteiger charge is -1.98. The lowest BCUT2D eigenvalue weighted by Crippen LogP contribution is -2.06. The maximum atomic E-state index is 5.26. The van der Waals surface area contributed by atoms with Crippen molar-refractivity contribution in [1.82, 2.24) is 15.1 Å². The third kappa shape index (κ3) is 1.24. The Morgan fingerprint density at radius 2 is 2.50 bits per heavy atom. The minimum atomic E-state index is 0.722. The molecular weight excluding hydrogens is 178 g/mol. The van der Waals surface area contributed by atoms with E-state index >= 15 is 0 Å². The second-order valence-corrected chi connectivity index (χ2v) is 3.48. The first-order valence-corrected chi connectivity index (χ1v) is 4.70. The van der Waals surface area contributed by atoms with Crippen molar-refractivity contribution in [2.24, 2.45) is 0 Å². The Labute approximate surface area is 81.5 Å². The van der Waals surface area contributed by atoms with Crippen LogP contribution in [0.5, 0.6) is 0 Å². The molecule has 3 rings (SSSR count).